The molecule has 9 heteroatoms. The maximum absolute atomic E-state index is 12.5. The van der Waals surface area contributed by atoms with Crippen LogP contribution >= 0.6 is 11.3 Å². The Kier molecular flexibility index (Phi) is 5.78. The van der Waals surface area contributed by atoms with E-state index in [1.807, 2.05) is 0 Å². The Morgan fingerprint density at radius 3 is 2.55 bits per heavy atom. The van der Waals surface area contributed by atoms with Crippen LogP contribution in [0.4, 0.5) is 5.00 Å². The van der Waals surface area contributed by atoms with Gasteiger partial charge in [0, 0.05) is 5.56 Å². The number of hydrogen-bond acceptors (Lipinski definition) is 9. The van der Waals surface area contributed by atoms with Crippen LogP contribution in [-0.2, 0) is 9.47 Å². The third-order valence-electron chi connectivity index (χ3n) is 4.50. The van der Waals surface area contributed by atoms with E-state index in [1.165, 1.54) is 21.1 Å². The Morgan fingerprint density at radius 2 is 1.97 bits per heavy atom. The van der Waals surface area contributed by atoms with Gasteiger partial charge in [-0.05, 0) is 38.5 Å². The summed E-state index contributed by atoms with van der Waals surface area (Å²) in [5.74, 6) is -0.612. The summed E-state index contributed by atoms with van der Waals surface area (Å²) in [6.07, 6.45) is -0.858. The number of esters is 2. The van der Waals surface area contributed by atoms with Crippen molar-refractivity contribution >= 4 is 34.1 Å². The fourth-order valence-corrected chi connectivity index (χ4v) is 4.33. The van der Waals surface area contributed by atoms with E-state index in [0.717, 1.165) is 11.3 Å². The molecule has 0 aliphatic carbocycles. The number of anilines is 1. The number of cyclic esters (lactones) is 1. The molecule has 1 atom stereocenters. The smallest absolute Gasteiger partial charge is 0.344 e. The number of benzene rings is 1. The highest BCUT2D eigenvalue weighted by molar-refractivity contribution is 7.18. The van der Waals surface area contributed by atoms with Crippen LogP contribution in [-0.4, -0.2) is 38.5 Å². The second kappa shape index (κ2) is 8.12. The van der Waals surface area contributed by atoms with E-state index >= 15 is 0 Å². The van der Waals surface area contributed by atoms with Crippen molar-refractivity contribution in [1.29, 1.82) is 0 Å². The largest absolute Gasteiger partial charge is 0.493 e. The molecule has 1 unspecified atom stereocenters. The highest BCUT2D eigenvalue weighted by Gasteiger charge is 2.37. The standard InChI is InChI=1S/C20H21NO7S/c1-6-27-19(23)13-9(2)16(10(3)22)29-18(13)21-17-11-7-8-12(25-4)15(26-5)14(11)20(24)28-17/h7-8,17,21H,6H2,1-5H3. The quantitative estimate of drug-likeness (QED) is 0.535. The van der Waals surface area contributed by atoms with Crippen molar-refractivity contribution in [1.82, 2.24) is 0 Å². The molecule has 0 amide bonds. The average molecular weight is 419 g/mol. The first-order valence-corrected chi connectivity index (χ1v) is 9.69. The number of carbonyl (C=O) groups is 3. The van der Waals surface area contributed by atoms with Crippen molar-refractivity contribution in [3.05, 3.63) is 39.3 Å². The molecule has 154 valence electrons. The molecule has 29 heavy (non-hydrogen) atoms. The molecule has 2 aromatic rings. The summed E-state index contributed by atoms with van der Waals surface area (Å²) in [5, 5.41) is 3.46. The number of thiophene rings is 1. The number of Topliss-reactive ketones (excluding diaryl/α,β-unsaturated/α-hetero) is 1. The first-order chi connectivity index (χ1) is 13.8. The molecular weight excluding hydrogens is 398 g/mol. The predicted molar refractivity (Wildman–Crippen MR) is 106 cm³/mol. The van der Waals surface area contributed by atoms with E-state index in [1.54, 1.807) is 26.0 Å². The third-order valence-corrected chi connectivity index (χ3v) is 5.82. The Bertz CT molecular complexity index is 995. The molecule has 1 aromatic carbocycles. The molecule has 1 N–H and O–H groups in total. The van der Waals surface area contributed by atoms with Gasteiger partial charge in [0.05, 0.1) is 31.3 Å². The lowest BCUT2D eigenvalue weighted by Crippen LogP contribution is -2.13. The minimum atomic E-state index is -0.858. The van der Waals surface area contributed by atoms with Crippen molar-refractivity contribution in [3.8, 4) is 11.5 Å². The van der Waals surface area contributed by atoms with Gasteiger partial charge in [-0.3, -0.25) is 4.79 Å². The van der Waals surface area contributed by atoms with Gasteiger partial charge < -0.3 is 24.3 Å². The van der Waals surface area contributed by atoms with Gasteiger partial charge in [0.2, 0.25) is 6.23 Å². The Labute approximate surface area is 171 Å². The highest BCUT2D eigenvalue weighted by atomic mass is 32.1. The number of ketones is 1. The number of nitrogens with one attached hydrogen (secondary N) is 1. The third kappa shape index (κ3) is 3.53. The lowest BCUT2D eigenvalue weighted by Gasteiger charge is -2.15. The van der Waals surface area contributed by atoms with Gasteiger partial charge in [0.25, 0.3) is 0 Å². The van der Waals surface area contributed by atoms with Crippen molar-refractivity contribution in [3.63, 3.8) is 0 Å². The lowest BCUT2D eigenvalue weighted by molar-refractivity contribution is 0.0435. The maximum atomic E-state index is 12.5. The normalized spacial score (nSPS) is 14.8. The summed E-state index contributed by atoms with van der Waals surface area (Å²) in [4.78, 5) is 37.4. The summed E-state index contributed by atoms with van der Waals surface area (Å²) < 4.78 is 21.2. The molecular formula is C20H21NO7S. The molecule has 0 fully saturated rings. The first-order valence-electron chi connectivity index (χ1n) is 8.87. The van der Waals surface area contributed by atoms with Crippen molar-refractivity contribution < 1.29 is 33.3 Å². The monoisotopic (exact) mass is 419 g/mol. The fourth-order valence-electron chi connectivity index (χ4n) is 3.23. The van der Waals surface area contributed by atoms with Crippen molar-refractivity contribution in [2.24, 2.45) is 0 Å². The van der Waals surface area contributed by atoms with Gasteiger partial charge in [-0.25, -0.2) is 9.59 Å². The van der Waals surface area contributed by atoms with Crippen LogP contribution < -0.4 is 14.8 Å². The number of fused-ring (bicyclic) bond motifs is 1. The first kappa shape index (κ1) is 20.7. The van der Waals surface area contributed by atoms with E-state index in [4.69, 9.17) is 18.9 Å². The second-order valence-electron chi connectivity index (χ2n) is 6.23. The van der Waals surface area contributed by atoms with E-state index in [2.05, 4.69) is 5.32 Å². The van der Waals surface area contributed by atoms with Gasteiger partial charge in [0.15, 0.2) is 17.3 Å². The van der Waals surface area contributed by atoms with Gasteiger partial charge in [0.1, 0.15) is 10.6 Å². The summed E-state index contributed by atoms with van der Waals surface area (Å²) in [7, 11) is 2.91. The van der Waals surface area contributed by atoms with Crippen LogP contribution in [0.3, 0.4) is 0 Å². The van der Waals surface area contributed by atoms with E-state index in [9.17, 15) is 14.4 Å². The second-order valence-corrected chi connectivity index (χ2v) is 7.25. The van der Waals surface area contributed by atoms with Crippen LogP contribution in [0.25, 0.3) is 0 Å². The van der Waals surface area contributed by atoms with Gasteiger partial charge in [-0.15, -0.1) is 11.3 Å². The molecule has 0 bridgehead atoms. The number of carbonyl (C=O) groups excluding carboxylic acids is 3. The molecule has 0 radical (unpaired) electrons. The van der Waals surface area contributed by atoms with Crippen molar-refractivity contribution in [2.45, 2.75) is 27.0 Å². The zero-order chi connectivity index (χ0) is 21.3. The Balaban J connectivity index is 2.05. The number of methoxy groups -OCH3 is 2. The SMILES string of the molecule is CCOC(=O)c1c(NC2OC(=O)c3c2ccc(OC)c3OC)sc(C(C)=O)c1C. The Morgan fingerprint density at radius 1 is 1.24 bits per heavy atom. The molecule has 0 saturated carbocycles. The minimum Gasteiger partial charge on any atom is -0.493 e. The van der Waals surface area contributed by atoms with E-state index < -0.39 is 18.2 Å². The van der Waals surface area contributed by atoms with Gasteiger partial charge in [-0.2, -0.15) is 0 Å². The summed E-state index contributed by atoms with van der Waals surface area (Å²) >= 11 is 1.12. The summed E-state index contributed by atoms with van der Waals surface area (Å²) in [6, 6.07) is 3.36. The summed E-state index contributed by atoms with van der Waals surface area (Å²) in [6.45, 7) is 5.02. The maximum Gasteiger partial charge on any atom is 0.344 e. The predicted octanol–water partition coefficient (Wildman–Crippen LogP) is 3.73. The number of hydrogen-bond donors (Lipinski definition) is 1. The molecule has 0 saturated heterocycles. The summed E-state index contributed by atoms with van der Waals surface area (Å²) in [5.41, 5.74) is 1.58. The zero-order valence-electron chi connectivity index (χ0n) is 16.7. The number of ether oxygens (including phenoxy) is 4. The average Bonchev–Trinajstić information content (AvgIpc) is 3.18. The van der Waals surface area contributed by atoms with Gasteiger partial charge in [-0.1, -0.05) is 0 Å². The lowest BCUT2D eigenvalue weighted by atomic mass is 10.1. The fraction of sp³-hybridized carbons (Fsp3) is 0.350. The van der Waals surface area contributed by atoms with E-state index in [0.29, 0.717) is 26.8 Å². The molecule has 3 rings (SSSR count). The van der Waals surface area contributed by atoms with Crippen LogP contribution in [0, 0.1) is 6.92 Å². The molecule has 1 aromatic heterocycles. The molecule has 0 spiro atoms. The molecule has 1 aliphatic rings. The minimum absolute atomic E-state index is 0.165. The van der Waals surface area contributed by atoms with Crippen LogP contribution in [0.2, 0.25) is 0 Å². The van der Waals surface area contributed by atoms with E-state index in [-0.39, 0.29) is 29.3 Å². The van der Waals surface area contributed by atoms with Crippen LogP contribution in [0.1, 0.15) is 61.6 Å². The van der Waals surface area contributed by atoms with Crippen LogP contribution in [0.5, 0.6) is 11.5 Å². The topological polar surface area (TPSA) is 100 Å². The van der Waals surface area contributed by atoms with Gasteiger partial charge >= 0.3 is 11.9 Å². The van der Waals surface area contributed by atoms with Crippen molar-refractivity contribution in [2.75, 3.05) is 26.1 Å². The Hall–Kier alpha value is -3.07. The molecule has 8 nitrogen and oxygen atoms in total. The zero-order valence-corrected chi connectivity index (χ0v) is 17.5. The van der Waals surface area contributed by atoms with Crippen LogP contribution in [0.15, 0.2) is 12.1 Å². The number of rotatable bonds is 7. The molecule has 1 aliphatic heterocycles. The molecule has 2 heterocycles. The highest BCUT2D eigenvalue weighted by Crippen LogP contribution is 2.44.